The van der Waals surface area contributed by atoms with Gasteiger partial charge in [-0.2, -0.15) is 0 Å². The fourth-order valence-corrected chi connectivity index (χ4v) is 1.92. The minimum absolute atomic E-state index is 0.230. The van der Waals surface area contributed by atoms with E-state index in [1.165, 1.54) is 0 Å². The van der Waals surface area contributed by atoms with Crippen molar-refractivity contribution in [1.29, 1.82) is 0 Å². The smallest absolute Gasteiger partial charge is 0.0552 e. The minimum Gasteiger partial charge on any atom is -0.393 e. The summed E-state index contributed by atoms with van der Waals surface area (Å²) in [6.07, 6.45) is -0.599. The summed E-state index contributed by atoms with van der Waals surface area (Å²) in [6, 6.07) is 0.604. The van der Waals surface area contributed by atoms with Crippen molar-refractivity contribution in [2.75, 3.05) is 7.05 Å². The van der Waals surface area contributed by atoms with Gasteiger partial charge in [0.05, 0.1) is 12.2 Å². The van der Waals surface area contributed by atoms with E-state index < -0.39 is 0 Å². The first kappa shape index (κ1) is 15.9. The molecule has 0 aromatic carbocycles. The molecule has 0 saturated carbocycles. The van der Waals surface area contributed by atoms with E-state index in [0.717, 1.165) is 0 Å². The van der Waals surface area contributed by atoms with Crippen molar-refractivity contribution in [1.82, 2.24) is 4.90 Å². The van der Waals surface area contributed by atoms with Crippen LogP contribution in [0.1, 0.15) is 41.5 Å². The fraction of sp³-hybridized carbons (Fsp3) is 1.00. The standard InChI is InChI=1S/C13H29NO2/c1-8(12(5)15)10(3)14(7)11(4)9(2)13(6)16/h8-13,15-16H,1-7H3. The highest BCUT2D eigenvalue weighted by molar-refractivity contribution is 4.81. The number of rotatable bonds is 6. The van der Waals surface area contributed by atoms with E-state index >= 15 is 0 Å². The molecule has 6 unspecified atom stereocenters. The number of hydrogen-bond donors (Lipinski definition) is 2. The SMILES string of the molecule is CC(O)C(C)C(C)N(C)C(C)C(C)C(C)O. The van der Waals surface area contributed by atoms with Crippen LogP contribution >= 0.6 is 0 Å². The van der Waals surface area contributed by atoms with Gasteiger partial charge in [-0.1, -0.05) is 13.8 Å². The summed E-state index contributed by atoms with van der Waals surface area (Å²) < 4.78 is 0. The molecule has 3 heteroatoms. The molecule has 2 N–H and O–H groups in total. The highest BCUT2D eigenvalue weighted by Crippen LogP contribution is 2.20. The molecule has 0 radical (unpaired) electrons. The first-order valence-electron chi connectivity index (χ1n) is 6.28. The third-order valence-corrected chi connectivity index (χ3v) is 4.33. The quantitative estimate of drug-likeness (QED) is 0.731. The van der Waals surface area contributed by atoms with Gasteiger partial charge in [0.2, 0.25) is 0 Å². The molecule has 0 aromatic heterocycles. The Kier molecular flexibility index (Phi) is 6.53. The van der Waals surface area contributed by atoms with Crippen LogP contribution in [-0.4, -0.2) is 46.5 Å². The van der Waals surface area contributed by atoms with E-state index in [9.17, 15) is 10.2 Å². The van der Waals surface area contributed by atoms with Crippen LogP contribution in [0.25, 0.3) is 0 Å². The lowest BCUT2D eigenvalue weighted by Gasteiger charge is -2.39. The van der Waals surface area contributed by atoms with Gasteiger partial charge < -0.3 is 15.1 Å². The zero-order valence-corrected chi connectivity index (χ0v) is 11.8. The molecule has 0 amide bonds. The Hall–Kier alpha value is -0.120. The van der Waals surface area contributed by atoms with Crippen LogP contribution in [0.2, 0.25) is 0 Å². The molecule has 0 heterocycles. The molecule has 0 aromatic rings. The average Bonchev–Trinajstić information content (AvgIpc) is 2.23. The maximum atomic E-state index is 9.59. The third-order valence-electron chi connectivity index (χ3n) is 4.33. The number of aliphatic hydroxyl groups is 2. The van der Waals surface area contributed by atoms with Gasteiger partial charge in [0.25, 0.3) is 0 Å². The van der Waals surface area contributed by atoms with E-state index in [0.29, 0.717) is 12.1 Å². The summed E-state index contributed by atoms with van der Waals surface area (Å²) in [5, 5.41) is 19.2. The summed E-state index contributed by atoms with van der Waals surface area (Å²) in [6.45, 7) is 12.0. The van der Waals surface area contributed by atoms with E-state index in [-0.39, 0.29) is 24.0 Å². The van der Waals surface area contributed by atoms with Crippen molar-refractivity contribution in [3.8, 4) is 0 Å². The monoisotopic (exact) mass is 231 g/mol. The third kappa shape index (κ3) is 4.04. The summed E-state index contributed by atoms with van der Waals surface area (Å²) in [5.41, 5.74) is 0. The Morgan fingerprint density at radius 1 is 0.688 bits per heavy atom. The largest absolute Gasteiger partial charge is 0.393 e. The molecule has 16 heavy (non-hydrogen) atoms. The summed E-state index contributed by atoms with van der Waals surface area (Å²) in [4.78, 5) is 2.24. The fourth-order valence-electron chi connectivity index (χ4n) is 1.92. The Labute approximate surface area is 100 Å². The van der Waals surface area contributed by atoms with Crippen molar-refractivity contribution in [3.05, 3.63) is 0 Å². The van der Waals surface area contributed by atoms with Gasteiger partial charge in [-0.05, 0) is 46.6 Å². The summed E-state index contributed by atoms with van der Waals surface area (Å²) in [7, 11) is 2.06. The summed E-state index contributed by atoms with van der Waals surface area (Å²) >= 11 is 0. The van der Waals surface area contributed by atoms with Gasteiger partial charge in [0.15, 0.2) is 0 Å². The second-order valence-corrected chi connectivity index (χ2v) is 5.35. The number of aliphatic hydroxyl groups excluding tert-OH is 2. The van der Waals surface area contributed by atoms with E-state index in [4.69, 9.17) is 0 Å². The topological polar surface area (TPSA) is 43.7 Å². The van der Waals surface area contributed by atoms with Crippen molar-refractivity contribution < 1.29 is 10.2 Å². The van der Waals surface area contributed by atoms with Crippen molar-refractivity contribution in [2.45, 2.75) is 65.8 Å². The van der Waals surface area contributed by atoms with Crippen LogP contribution < -0.4 is 0 Å². The van der Waals surface area contributed by atoms with E-state index in [1.807, 2.05) is 13.8 Å². The Morgan fingerprint density at radius 3 is 1.12 bits per heavy atom. The van der Waals surface area contributed by atoms with Gasteiger partial charge in [0, 0.05) is 12.1 Å². The molecule has 0 rings (SSSR count). The number of nitrogens with zero attached hydrogens (tertiary/aromatic N) is 1. The van der Waals surface area contributed by atoms with Crippen molar-refractivity contribution in [3.63, 3.8) is 0 Å². The first-order chi connectivity index (χ1) is 7.20. The molecule has 0 aliphatic carbocycles. The Bertz CT molecular complexity index is 174. The molecule has 0 fully saturated rings. The van der Waals surface area contributed by atoms with Crippen LogP contribution in [0, 0.1) is 11.8 Å². The zero-order chi connectivity index (χ0) is 13.0. The van der Waals surface area contributed by atoms with Crippen LogP contribution in [-0.2, 0) is 0 Å². The molecule has 6 atom stereocenters. The van der Waals surface area contributed by atoms with Gasteiger partial charge in [0.1, 0.15) is 0 Å². The van der Waals surface area contributed by atoms with Gasteiger partial charge in [-0.25, -0.2) is 0 Å². The molecule has 98 valence electrons. The van der Waals surface area contributed by atoms with E-state index in [2.05, 4.69) is 39.6 Å². The second-order valence-electron chi connectivity index (χ2n) is 5.35. The molecule has 0 spiro atoms. The molecule has 3 nitrogen and oxygen atoms in total. The summed E-state index contributed by atoms with van der Waals surface area (Å²) in [5.74, 6) is 0.460. The normalized spacial score (nSPS) is 23.6. The van der Waals surface area contributed by atoms with Crippen LogP contribution in [0.4, 0.5) is 0 Å². The van der Waals surface area contributed by atoms with Crippen LogP contribution in [0.3, 0.4) is 0 Å². The number of hydrogen-bond acceptors (Lipinski definition) is 3. The maximum Gasteiger partial charge on any atom is 0.0552 e. The lowest BCUT2D eigenvalue weighted by atomic mass is 9.91. The highest BCUT2D eigenvalue weighted by Gasteiger charge is 2.28. The predicted molar refractivity (Wildman–Crippen MR) is 68.4 cm³/mol. The van der Waals surface area contributed by atoms with Crippen molar-refractivity contribution in [2.24, 2.45) is 11.8 Å². The van der Waals surface area contributed by atoms with Gasteiger partial charge in [-0.3, -0.25) is 0 Å². The molecule has 0 saturated heterocycles. The van der Waals surface area contributed by atoms with Gasteiger partial charge >= 0.3 is 0 Å². The lowest BCUT2D eigenvalue weighted by Crippen LogP contribution is -2.47. The minimum atomic E-state index is -0.300. The molecule has 0 bridgehead atoms. The average molecular weight is 231 g/mol. The maximum absolute atomic E-state index is 9.59. The molecule has 0 aliphatic heterocycles. The predicted octanol–water partition coefficient (Wildman–Crippen LogP) is 1.73. The molecular weight excluding hydrogens is 202 g/mol. The highest BCUT2D eigenvalue weighted by atomic mass is 16.3. The molecular formula is C13H29NO2. The Morgan fingerprint density at radius 2 is 0.938 bits per heavy atom. The molecule has 0 aliphatic rings. The Balaban J connectivity index is 4.48. The van der Waals surface area contributed by atoms with Crippen LogP contribution in [0.5, 0.6) is 0 Å². The second kappa shape index (κ2) is 6.58. The van der Waals surface area contributed by atoms with Crippen molar-refractivity contribution >= 4 is 0 Å². The lowest BCUT2D eigenvalue weighted by molar-refractivity contribution is 0.0210. The van der Waals surface area contributed by atoms with Crippen LogP contribution in [0.15, 0.2) is 0 Å². The van der Waals surface area contributed by atoms with E-state index in [1.54, 1.807) is 0 Å². The zero-order valence-electron chi connectivity index (χ0n) is 11.8. The first-order valence-corrected chi connectivity index (χ1v) is 6.28. The van der Waals surface area contributed by atoms with Gasteiger partial charge in [-0.15, -0.1) is 0 Å².